The summed E-state index contributed by atoms with van der Waals surface area (Å²) in [6.07, 6.45) is 2.91. The van der Waals surface area contributed by atoms with Gasteiger partial charge in [0.1, 0.15) is 11.6 Å². The molecule has 0 amide bonds. The average Bonchev–Trinajstić information content (AvgIpc) is 3.32. The fourth-order valence-electron chi connectivity index (χ4n) is 2.74. The Bertz CT molecular complexity index is 924. The average molecular weight is 396 g/mol. The Kier molecular flexibility index (Phi) is 5.07. The number of aliphatic hydroxyl groups is 1. The van der Waals surface area contributed by atoms with E-state index in [1.54, 1.807) is 35.2 Å². The predicted molar refractivity (Wildman–Crippen MR) is 98.5 cm³/mol. The molecule has 0 saturated carbocycles. The molecule has 3 rings (SSSR count). The molecule has 0 radical (unpaired) electrons. The Morgan fingerprint density at radius 1 is 1.42 bits per heavy atom. The lowest BCUT2D eigenvalue weighted by Gasteiger charge is -2.25. The normalized spacial score (nSPS) is 14.7. The zero-order valence-corrected chi connectivity index (χ0v) is 16.3. The van der Waals surface area contributed by atoms with Gasteiger partial charge < -0.3 is 14.1 Å². The van der Waals surface area contributed by atoms with Crippen molar-refractivity contribution in [1.29, 1.82) is 0 Å². The number of rotatable bonds is 7. The molecule has 26 heavy (non-hydrogen) atoms. The Morgan fingerprint density at radius 3 is 2.73 bits per heavy atom. The molecule has 140 valence electrons. The lowest BCUT2D eigenvalue weighted by Crippen LogP contribution is -2.41. The lowest BCUT2D eigenvalue weighted by molar-refractivity contribution is 0.0623. The van der Waals surface area contributed by atoms with Crippen molar-refractivity contribution in [2.75, 3.05) is 6.54 Å². The second kappa shape index (κ2) is 6.99. The maximum absolute atomic E-state index is 12.7. The van der Waals surface area contributed by atoms with Crippen LogP contribution in [0.1, 0.15) is 36.9 Å². The molecule has 7 nitrogen and oxygen atoms in total. The van der Waals surface area contributed by atoms with E-state index in [9.17, 15) is 13.5 Å². The third kappa shape index (κ3) is 3.48. The van der Waals surface area contributed by atoms with E-state index in [4.69, 9.17) is 4.42 Å². The maximum atomic E-state index is 12.7. The van der Waals surface area contributed by atoms with Crippen LogP contribution in [0, 0.1) is 0 Å². The summed E-state index contributed by atoms with van der Waals surface area (Å²) in [5.41, 5.74) is -1.05. The van der Waals surface area contributed by atoms with Gasteiger partial charge in [0.2, 0.25) is 0 Å². The maximum Gasteiger partial charge on any atom is 0.259 e. The molecule has 0 spiro atoms. The number of nitrogens with zero attached hydrogens (tertiary/aromatic N) is 2. The van der Waals surface area contributed by atoms with E-state index in [-0.39, 0.29) is 23.2 Å². The Labute approximate surface area is 156 Å². The van der Waals surface area contributed by atoms with Crippen LogP contribution in [0.2, 0.25) is 0 Å². The van der Waals surface area contributed by atoms with Crippen LogP contribution in [0.3, 0.4) is 0 Å². The van der Waals surface area contributed by atoms with Gasteiger partial charge in [-0.25, -0.2) is 18.1 Å². The molecule has 0 saturated heterocycles. The number of sulfonamides is 1. The summed E-state index contributed by atoms with van der Waals surface area (Å²) in [4.78, 5) is 4.22. The zero-order valence-electron chi connectivity index (χ0n) is 14.7. The van der Waals surface area contributed by atoms with Gasteiger partial charge in [-0.15, -0.1) is 0 Å². The van der Waals surface area contributed by atoms with Gasteiger partial charge in [-0.2, -0.15) is 11.3 Å². The van der Waals surface area contributed by atoms with E-state index in [1.165, 1.54) is 23.8 Å². The zero-order chi connectivity index (χ0) is 18.9. The summed E-state index contributed by atoms with van der Waals surface area (Å²) >= 11 is 1.41. The molecule has 0 aliphatic carbocycles. The summed E-state index contributed by atoms with van der Waals surface area (Å²) in [5, 5.41) is 14.6. The van der Waals surface area contributed by atoms with Crippen molar-refractivity contribution in [2.45, 2.75) is 30.4 Å². The van der Waals surface area contributed by atoms with Crippen LogP contribution < -0.4 is 4.72 Å². The van der Waals surface area contributed by atoms with Crippen molar-refractivity contribution in [3.63, 3.8) is 0 Å². The summed E-state index contributed by atoms with van der Waals surface area (Å²) in [6.45, 7) is 3.62. The number of furan rings is 1. The van der Waals surface area contributed by atoms with Gasteiger partial charge in [0, 0.05) is 24.7 Å². The monoisotopic (exact) mass is 395 g/mol. The molecular weight excluding hydrogens is 374 g/mol. The Hall–Kier alpha value is -1.94. The van der Waals surface area contributed by atoms with Crippen LogP contribution in [0.5, 0.6) is 0 Å². The van der Waals surface area contributed by atoms with Gasteiger partial charge in [0.05, 0.1) is 12.8 Å². The van der Waals surface area contributed by atoms with Crippen molar-refractivity contribution in [1.82, 2.24) is 14.3 Å². The smallest absolute Gasteiger partial charge is 0.259 e. The molecule has 0 aliphatic rings. The Balaban J connectivity index is 1.89. The van der Waals surface area contributed by atoms with Crippen molar-refractivity contribution in [3.8, 4) is 0 Å². The van der Waals surface area contributed by atoms with E-state index in [0.29, 0.717) is 11.4 Å². The predicted octanol–water partition coefficient (Wildman–Crippen LogP) is 2.41. The summed E-state index contributed by atoms with van der Waals surface area (Å²) in [5.74, 6) is 1.03. The van der Waals surface area contributed by atoms with E-state index in [2.05, 4.69) is 9.71 Å². The number of hydrogen-bond acceptors (Lipinski definition) is 6. The summed E-state index contributed by atoms with van der Waals surface area (Å²) in [6, 6.07) is 5.00. The molecule has 9 heteroatoms. The van der Waals surface area contributed by atoms with E-state index in [0.717, 1.165) is 0 Å². The van der Waals surface area contributed by atoms with Gasteiger partial charge in [0.15, 0.2) is 10.6 Å². The van der Waals surface area contributed by atoms with Gasteiger partial charge in [0.25, 0.3) is 10.0 Å². The first kappa shape index (κ1) is 18.8. The number of nitrogens with one attached hydrogen (secondary N) is 1. The SMILES string of the molecule is CC(C)c1nc(S(=O)(=O)NC[C@@](O)(c2ccsc2)c2ccco2)cn1C. The van der Waals surface area contributed by atoms with Crippen LogP contribution in [-0.2, 0) is 22.7 Å². The quantitative estimate of drug-likeness (QED) is 0.640. The van der Waals surface area contributed by atoms with Crippen molar-refractivity contribution in [3.05, 3.63) is 58.6 Å². The van der Waals surface area contributed by atoms with Crippen molar-refractivity contribution < 1.29 is 17.9 Å². The molecule has 0 aromatic carbocycles. The highest BCUT2D eigenvalue weighted by Gasteiger charge is 2.37. The van der Waals surface area contributed by atoms with E-state index in [1.807, 2.05) is 19.2 Å². The number of aromatic nitrogens is 2. The van der Waals surface area contributed by atoms with Crippen LogP contribution in [0.4, 0.5) is 0 Å². The minimum absolute atomic E-state index is 0.0733. The molecule has 0 aliphatic heterocycles. The highest BCUT2D eigenvalue weighted by Crippen LogP contribution is 2.31. The van der Waals surface area contributed by atoms with Crippen LogP contribution >= 0.6 is 11.3 Å². The number of hydrogen-bond donors (Lipinski definition) is 2. The molecule has 0 fully saturated rings. The molecule has 3 heterocycles. The van der Waals surface area contributed by atoms with Crippen LogP contribution in [0.25, 0.3) is 0 Å². The number of thiophene rings is 1. The highest BCUT2D eigenvalue weighted by molar-refractivity contribution is 7.89. The fourth-order valence-corrected chi connectivity index (χ4v) is 4.52. The third-order valence-electron chi connectivity index (χ3n) is 4.13. The fraction of sp³-hybridized carbons (Fsp3) is 0.353. The summed E-state index contributed by atoms with van der Waals surface area (Å²) < 4.78 is 34.9. The van der Waals surface area contributed by atoms with Crippen LogP contribution in [-0.4, -0.2) is 29.6 Å². The molecule has 3 aromatic heterocycles. The molecule has 2 N–H and O–H groups in total. The minimum Gasteiger partial charge on any atom is -0.466 e. The molecule has 0 unspecified atom stereocenters. The van der Waals surface area contributed by atoms with Gasteiger partial charge in [-0.05, 0) is 29.0 Å². The van der Waals surface area contributed by atoms with Gasteiger partial charge in [-0.1, -0.05) is 13.8 Å². The lowest BCUT2D eigenvalue weighted by atomic mass is 9.94. The van der Waals surface area contributed by atoms with Gasteiger partial charge in [-0.3, -0.25) is 0 Å². The van der Waals surface area contributed by atoms with E-state index >= 15 is 0 Å². The largest absolute Gasteiger partial charge is 0.466 e. The first-order valence-corrected chi connectivity index (χ1v) is 10.5. The minimum atomic E-state index is -3.89. The second-order valence-corrected chi connectivity index (χ2v) is 8.87. The van der Waals surface area contributed by atoms with Crippen molar-refractivity contribution in [2.24, 2.45) is 7.05 Å². The first-order chi connectivity index (χ1) is 12.2. The Morgan fingerprint density at radius 2 is 2.19 bits per heavy atom. The first-order valence-electron chi connectivity index (χ1n) is 8.06. The number of aryl methyl sites for hydroxylation is 1. The van der Waals surface area contributed by atoms with Crippen LogP contribution in [0.15, 0.2) is 50.9 Å². The third-order valence-corrected chi connectivity index (χ3v) is 6.08. The van der Waals surface area contributed by atoms with Gasteiger partial charge >= 0.3 is 0 Å². The second-order valence-electron chi connectivity index (χ2n) is 6.38. The standard InChI is InChI=1S/C17H21N3O4S2/c1-12(2)16-19-15(9-20(16)3)26(22,23)18-11-17(21,13-6-8-25-10-13)14-5-4-7-24-14/h4-10,12,18,21H,11H2,1-3H3/t17-/m1/s1. The van der Waals surface area contributed by atoms with Crippen molar-refractivity contribution >= 4 is 21.4 Å². The van der Waals surface area contributed by atoms with E-state index < -0.39 is 15.6 Å². The number of imidazole rings is 1. The molecule has 3 aromatic rings. The molecule has 1 atom stereocenters. The topological polar surface area (TPSA) is 97.4 Å². The molecular formula is C17H21N3O4S2. The summed E-state index contributed by atoms with van der Waals surface area (Å²) in [7, 11) is -2.14. The molecule has 0 bridgehead atoms. The highest BCUT2D eigenvalue weighted by atomic mass is 32.2.